The Kier molecular flexibility index (Phi) is 5.93. The highest BCUT2D eigenvalue weighted by atomic mass is 16.7. The number of hydrogen-bond acceptors (Lipinski definition) is 2. The molecular weight excluding hydrogens is 118 g/mol. The van der Waals surface area contributed by atoms with Crippen molar-refractivity contribution in [3.8, 4) is 0 Å². The summed E-state index contributed by atoms with van der Waals surface area (Å²) in [7, 11) is 1.55. The largest absolute Gasteiger partial charge is 0.354 e. The topological polar surface area (TPSA) is 42.3 Å². The predicted octanol–water partition coefficient (Wildman–Crippen LogP) is 0.668. The Labute approximate surface area is 56.1 Å². The third-order valence-electron chi connectivity index (χ3n) is 0.937. The Hall–Kier alpha value is -0.120. The van der Waals surface area contributed by atoms with Crippen molar-refractivity contribution in [1.82, 2.24) is 5.73 Å². The van der Waals surface area contributed by atoms with Crippen molar-refractivity contribution in [1.29, 1.82) is 0 Å². The smallest absolute Gasteiger partial charge is 0.170 e. The first-order chi connectivity index (χ1) is 4.35. The molecule has 1 radical (unpaired) electrons. The number of hydrogen-bond donors (Lipinski definition) is 0. The molecule has 3 heteroatoms. The van der Waals surface area contributed by atoms with Crippen LogP contribution in [0.2, 0.25) is 0 Å². The van der Waals surface area contributed by atoms with Crippen molar-refractivity contribution in [2.75, 3.05) is 20.3 Å². The monoisotopic (exact) mass is 132 g/mol. The van der Waals surface area contributed by atoms with Crippen LogP contribution in [0.25, 0.3) is 0 Å². The fourth-order valence-corrected chi connectivity index (χ4v) is 0.460. The molecule has 1 unspecified atom stereocenters. The van der Waals surface area contributed by atoms with Gasteiger partial charge in [0, 0.05) is 13.7 Å². The maximum atomic E-state index is 6.89. The molecule has 0 bridgehead atoms. The Bertz CT molecular complexity index is 55.0. The highest BCUT2D eigenvalue weighted by molar-refractivity contribution is 4.40. The van der Waals surface area contributed by atoms with E-state index in [1.165, 1.54) is 0 Å². The van der Waals surface area contributed by atoms with Gasteiger partial charge in [-0.1, -0.05) is 6.92 Å². The molecular formula is C6H14NO2. The summed E-state index contributed by atoms with van der Waals surface area (Å²) in [4.78, 5) is 0. The van der Waals surface area contributed by atoms with Crippen LogP contribution in [-0.2, 0) is 9.47 Å². The molecule has 1 N–H and O–H groups in total. The summed E-state index contributed by atoms with van der Waals surface area (Å²) in [6, 6.07) is 0. The molecule has 0 aliphatic carbocycles. The van der Waals surface area contributed by atoms with E-state index in [1.807, 2.05) is 6.92 Å². The van der Waals surface area contributed by atoms with Crippen molar-refractivity contribution in [2.24, 2.45) is 0 Å². The summed E-state index contributed by atoms with van der Waals surface area (Å²) in [6.07, 6.45) is 0.643. The zero-order valence-corrected chi connectivity index (χ0v) is 6.02. The van der Waals surface area contributed by atoms with Crippen molar-refractivity contribution in [3.05, 3.63) is 0 Å². The van der Waals surface area contributed by atoms with Crippen molar-refractivity contribution >= 4 is 0 Å². The maximum Gasteiger partial charge on any atom is 0.170 e. The molecule has 0 aromatic heterocycles. The zero-order chi connectivity index (χ0) is 7.11. The van der Waals surface area contributed by atoms with Crippen molar-refractivity contribution < 1.29 is 9.47 Å². The van der Waals surface area contributed by atoms with Crippen molar-refractivity contribution in [2.45, 2.75) is 19.6 Å². The number of ether oxygens (including phenoxy) is 2. The minimum atomic E-state index is -0.329. The molecule has 0 spiro atoms. The van der Waals surface area contributed by atoms with Crippen LogP contribution in [0.5, 0.6) is 0 Å². The Morgan fingerprint density at radius 1 is 1.56 bits per heavy atom. The van der Waals surface area contributed by atoms with E-state index in [0.717, 1.165) is 6.42 Å². The number of methoxy groups -OCH3 is 1. The van der Waals surface area contributed by atoms with E-state index >= 15 is 0 Å². The molecule has 0 saturated carbocycles. The van der Waals surface area contributed by atoms with Gasteiger partial charge in [-0.2, -0.15) is 0 Å². The predicted molar refractivity (Wildman–Crippen MR) is 35.0 cm³/mol. The molecule has 0 saturated heterocycles. The van der Waals surface area contributed by atoms with E-state index in [4.69, 9.17) is 15.2 Å². The third kappa shape index (κ3) is 4.39. The molecule has 0 heterocycles. The van der Waals surface area contributed by atoms with Gasteiger partial charge in [0.05, 0.1) is 6.54 Å². The minimum absolute atomic E-state index is 0.177. The van der Waals surface area contributed by atoms with Gasteiger partial charge in [-0.05, 0) is 6.42 Å². The van der Waals surface area contributed by atoms with Crippen LogP contribution in [0.3, 0.4) is 0 Å². The fraction of sp³-hybridized carbons (Fsp3) is 1.00. The quantitative estimate of drug-likeness (QED) is 0.516. The highest BCUT2D eigenvalue weighted by Crippen LogP contribution is 1.91. The molecule has 0 aliphatic heterocycles. The highest BCUT2D eigenvalue weighted by Gasteiger charge is 2.01. The van der Waals surface area contributed by atoms with Crippen LogP contribution < -0.4 is 5.73 Å². The standard InChI is InChI=1S/C6H14NO2/c1-3-4-9-6(5-7)8-2/h6-7H,3-5H2,1-2H3. The SMILES string of the molecule is CCCOC(C[NH])OC. The van der Waals surface area contributed by atoms with E-state index in [-0.39, 0.29) is 12.8 Å². The second-order valence-corrected chi connectivity index (χ2v) is 1.74. The summed E-state index contributed by atoms with van der Waals surface area (Å²) in [5, 5.41) is 0. The molecule has 9 heavy (non-hydrogen) atoms. The first-order valence-electron chi connectivity index (χ1n) is 3.14. The van der Waals surface area contributed by atoms with Gasteiger partial charge in [0.25, 0.3) is 0 Å². The molecule has 0 aromatic carbocycles. The average molecular weight is 132 g/mol. The Morgan fingerprint density at radius 2 is 2.22 bits per heavy atom. The van der Waals surface area contributed by atoms with Crippen LogP contribution >= 0.6 is 0 Å². The lowest BCUT2D eigenvalue weighted by Crippen LogP contribution is -2.20. The van der Waals surface area contributed by atoms with Crippen molar-refractivity contribution in [3.63, 3.8) is 0 Å². The first kappa shape index (κ1) is 8.88. The molecule has 0 amide bonds. The summed E-state index contributed by atoms with van der Waals surface area (Å²) in [5.41, 5.74) is 6.89. The minimum Gasteiger partial charge on any atom is -0.354 e. The lowest BCUT2D eigenvalue weighted by atomic mass is 10.5. The molecule has 3 nitrogen and oxygen atoms in total. The summed E-state index contributed by atoms with van der Waals surface area (Å²) in [6.45, 7) is 2.88. The first-order valence-corrected chi connectivity index (χ1v) is 3.14. The lowest BCUT2D eigenvalue weighted by Gasteiger charge is -2.11. The molecule has 55 valence electrons. The van der Waals surface area contributed by atoms with Crippen LogP contribution in [-0.4, -0.2) is 26.6 Å². The van der Waals surface area contributed by atoms with Crippen LogP contribution in [0.4, 0.5) is 0 Å². The van der Waals surface area contributed by atoms with Crippen LogP contribution in [0, 0.1) is 0 Å². The zero-order valence-electron chi connectivity index (χ0n) is 6.02. The fourth-order valence-electron chi connectivity index (χ4n) is 0.460. The summed E-state index contributed by atoms with van der Waals surface area (Å²) < 4.78 is 9.87. The van der Waals surface area contributed by atoms with E-state index < -0.39 is 0 Å². The summed E-state index contributed by atoms with van der Waals surface area (Å²) in [5.74, 6) is 0. The van der Waals surface area contributed by atoms with E-state index in [0.29, 0.717) is 6.61 Å². The second kappa shape index (κ2) is 6.01. The van der Waals surface area contributed by atoms with Crippen LogP contribution in [0.1, 0.15) is 13.3 Å². The third-order valence-corrected chi connectivity index (χ3v) is 0.937. The Balaban J connectivity index is 3.09. The van der Waals surface area contributed by atoms with Gasteiger partial charge in [-0.3, -0.25) is 5.73 Å². The van der Waals surface area contributed by atoms with Gasteiger partial charge in [0.2, 0.25) is 0 Å². The number of rotatable bonds is 5. The molecule has 1 atom stereocenters. The van der Waals surface area contributed by atoms with E-state index in [9.17, 15) is 0 Å². The molecule has 0 aliphatic rings. The Morgan fingerprint density at radius 3 is 2.56 bits per heavy atom. The molecule has 0 rings (SSSR count). The van der Waals surface area contributed by atoms with Gasteiger partial charge in [-0.15, -0.1) is 0 Å². The van der Waals surface area contributed by atoms with E-state index in [1.54, 1.807) is 7.11 Å². The van der Waals surface area contributed by atoms with Gasteiger partial charge in [0.1, 0.15) is 0 Å². The van der Waals surface area contributed by atoms with Gasteiger partial charge in [-0.25, -0.2) is 0 Å². The van der Waals surface area contributed by atoms with Gasteiger partial charge in [0.15, 0.2) is 6.29 Å². The molecule has 0 fully saturated rings. The van der Waals surface area contributed by atoms with Gasteiger partial charge < -0.3 is 9.47 Å². The average Bonchev–Trinajstić information content (AvgIpc) is 1.91. The normalized spacial score (nSPS) is 13.7. The number of nitrogens with one attached hydrogen (secondary N) is 1. The molecule has 0 aromatic rings. The summed E-state index contributed by atoms with van der Waals surface area (Å²) >= 11 is 0. The lowest BCUT2D eigenvalue weighted by molar-refractivity contribution is -0.117. The van der Waals surface area contributed by atoms with Crippen LogP contribution in [0.15, 0.2) is 0 Å². The van der Waals surface area contributed by atoms with E-state index in [2.05, 4.69) is 0 Å². The maximum absolute atomic E-state index is 6.89. The van der Waals surface area contributed by atoms with Gasteiger partial charge >= 0.3 is 0 Å². The second-order valence-electron chi connectivity index (χ2n) is 1.74.